The first-order chi connectivity index (χ1) is 11.7. The number of hydrogen-bond donors (Lipinski definition) is 2. The number of hydrogen-bond acceptors (Lipinski definition) is 4. The van der Waals surface area contributed by atoms with Crippen molar-refractivity contribution >= 4 is 17.3 Å². The van der Waals surface area contributed by atoms with Crippen LogP contribution < -0.4 is 5.48 Å². The molecule has 4 rings (SSSR count). The molecule has 0 saturated carbocycles. The summed E-state index contributed by atoms with van der Waals surface area (Å²) in [5.74, 6) is -0.128. The quantitative estimate of drug-likeness (QED) is 0.522. The predicted octanol–water partition coefficient (Wildman–Crippen LogP) is 3.95. The first kappa shape index (κ1) is 15.6. The fourth-order valence-corrected chi connectivity index (χ4v) is 2.56. The van der Waals surface area contributed by atoms with Crippen LogP contribution in [0.4, 0.5) is 5.69 Å². The summed E-state index contributed by atoms with van der Waals surface area (Å²) in [6, 6.07) is 23.0. The Bertz CT molecular complexity index is 783. The first-order valence-electron chi connectivity index (χ1n) is 7.45. The number of para-hydroxylation sites is 1. The van der Waals surface area contributed by atoms with E-state index in [-0.39, 0.29) is 11.6 Å². The molecule has 1 aliphatic carbocycles. The summed E-state index contributed by atoms with van der Waals surface area (Å²) in [4.78, 5) is 24.2. The lowest BCUT2D eigenvalue weighted by atomic mass is 9.84. The Morgan fingerprint density at radius 3 is 1.17 bits per heavy atom. The SMILES string of the molecule is O=C1c2ccccc2C(=O)c2ccccc21.ONc1ccccc1. The average Bonchev–Trinajstić information content (AvgIpc) is 2.67. The third kappa shape index (κ3) is 2.95. The maximum Gasteiger partial charge on any atom is 0.194 e. The standard InChI is InChI=1S/C14H8O2.C6H7NO/c15-13-9-5-1-2-6-10(9)14(16)12-8-4-3-7-11(12)13;8-7-6-4-2-1-3-5-6/h1-8H;1-5,7-8H. The zero-order valence-corrected chi connectivity index (χ0v) is 12.8. The minimum atomic E-state index is -0.0641. The molecule has 0 fully saturated rings. The molecule has 0 aromatic heterocycles. The molecule has 4 nitrogen and oxygen atoms in total. The van der Waals surface area contributed by atoms with Crippen molar-refractivity contribution in [3.05, 3.63) is 101 Å². The smallest absolute Gasteiger partial charge is 0.194 e. The minimum absolute atomic E-state index is 0.0641. The van der Waals surface area contributed by atoms with Gasteiger partial charge in [0, 0.05) is 22.3 Å². The van der Waals surface area contributed by atoms with Crippen LogP contribution in [-0.2, 0) is 0 Å². The first-order valence-corrected chi connectivity index (χ1v) is 7.45. The van der Waals surface area contributed by atoms with Crippen LogP contribution in [0, 0.1) is 0 Å². The van der Waals surface area contributed by atoms with Gasteiger partial charge in [0.25, 0.3) is 0 Å². The van der Waals surface area contributed by atoms with Gasteiger partial charge in [0.2, 0.25) is 0 Å². The van der Waals surface area contributed by atoms with Gasteiger partial charge in [0.1, 0.15) is 0 Å². The Labute approximate surface area is 139 Å². The van der Waals surface area contributed by atoms with Gasteiger partial charge < -0.3 is 0 Å². The lowest BCUT2D eigenvalue weighted by Gasteiger charge is -2.16. The van der Waals surface area contributed by atoms with Crippen molar-refractivity contribution in [3.8, 4) is 0 Å². The second kappa shape index (κ2) is 6.89. The highest BCUT2D eigenvalue weighted by molar-refractivity contribution is 6.28. The molecule has 24 heavy (non-hydrogen) atoms. The molecule has 118 valence electrons. The maximum absolute atomic E-state index is 12.1. The highest BCUT2D eigenvalue weighted by Gasteiger charge is 2.28. The molecule has 3 aromatic rings. The van der Waals surface area contributed by atoms with Crippen LogP contribution in [-0.4, -0.2) is 16.8 Å². The van der Waals surface area contributed by atoms with E-state index in [4.69, 9.17) is 5.21 Å². The van der Waals surface area contributed by atoms with Crippen molar-refractivity contribution < 1.29 is 14.8 Å². The van der Waals surface area contributed by atoms with E-state index in [1.54, 1.807) is 60.7 Å². The third-order valence-electron chi connectivity index (χ3n) is 3.74. The largest absolute Gasteiger partial charge is 0.291 e. The Kier molecular flexibility index (Phi) is 4.50. The lowest BCUT2D eigenvalue weighted by molar-refractivity contribution is 0.0979. The molecule has 0 bridgehead atoms. The van der Waals surface area contributed by atoms with Gasteiger partial charge in [-0.25, -0.2) is 0 Å². The van der Waals surface area contributed by atoms with Crippen LogP contribution in [0.15, 0.2) is 78.9 Å². The topological polar surface area (TPSA) is 66.4 Å². The van der Waals surface area contributed by atoms with E-state index in [0.717, 1.165) is 0 Å². The summed E-state index contributed by atoms with van der Waals surface area (Å²) in [5, 5.41) is 8.29. The number of benzene rings is 3. The molecule has 0 radical (unpaired) electrons. The normalized spacial score (nSPS) is 11.7. The van der Waals surface area contributed by atoms with Crippen LogP contribution in [0.2, 0.25) is 0 Å². The molecule has 0 atom stereocenters. The number of carbonyl (C=O) groups is 2. The van der Waals surface area contributed by atoms with Crippen LogP contribution in [0.1, 0.15) is 31.8 Å². The van der Waals surface area contributed by atoms with Crippen molar-refractivity contribution in [3.63, 3.8) is 0 Å². The summed E-state index contributed by atoms with van der Waals surface area (Å²) in [6.45, 7) is 0. The molecule has 1 aliphatic rings. The van der Waals surface area contributed by atoms with Gasteiger partial charge in [-0.1, -0.05) is 66.7 Å². The van der Waals surface area contributed by atoms with Crippen LogP contribution in [0.25, 0.3) is 0 Å². The number of carbonyl (C=O) groups excluding carboxylic acids is 2. The van der Waals surface area contributed by atoms with Crippen LogP contribution in [0.3, 0.4) is 0 Å². The third-order valence-corrected chi connectivity index (χ3v) is 3.74. The Balaban J connectivity index is 0.000000179. The molecular formula is C20H15NO3. The number of rotatable bonds is 1. The van der Waals surface area contributed by atoms with E-state index in [1.807, 2.05) is 23.7 Å². The van der Waals surface area contributed by atoms with Gasteiger partial charge in [-0.15, -0.1) is 0 Å². The van der Waals surface area contributed by atoms with Crippen LogP contribution >= 0.6 is 0 Å². The molecule has 3 aromatic carbocycles. The van der Waals surface area contributed by atoms with Gasteiger partial charge in [0.15, 0.2) is 11.6 Å². The van der Waals surface area contributed by atoms with E-state index in [2.05, 4.69) is 0 Å². The molecule has 0 aliphatic heterocycles. The van der Waals surface area contributed by atoms with Crippen LogP contribution in [0.5, 0.6) is 0 Å². The second-order valence-electron chi connectivity index (χ2n) is 5.23. The van der Waals surface area contributed by atoms with E-state index < -0.39 is 0 Å². The van der Waals surface area contributed by atoms with Crippen molar-refractivity contribution in [1.82, 2.24) is 0 Å². The molecule has 2 N–H and O–H groups in total. The molecule has 0 heterocycles. The molecule has 0 spiro atoms. The summed E-state index contributed by atoms with van der Waals surface area (Å²) in [7, 11) is 0. The summed E-state index contributed by atoms with van der Waals surface area (Å²) in [5.41, 5.74) is 4.77. The second-order valence-corrected chi connectivity index (χ2v) is 5.23. The fourth-order valence-electron chi connectivity index (χ4n) is 2.56. The number of anilines is 1. The Morgan fingerprint density at radius 2 is 0.875 bits per heavy atom. The van der Waals surface area contributed by atoms with E-state index in [0.29, 0.717) is 27.9 Å². The van der Waals surface area contributed by atoms with Crippen molar-refractivity contribution in [2.24, 2.45) is 0 Å². The Morgan fingerprint density at radius 1 is 0.542 bits per heavy atom. The zero-order valence-electron chi connectivity index (χ0n) is 12.8. The molecule has 0 amide bonds. The summed E-state index contributed by atoms with van der Waals surface area (Å²) < 4.78 is 0. The summed E-state index contributed by atoms with van der Waals surface area (Å²) >= 11 is 0. The Hall–Kier alpha value is -3.24. The van der Waals surface area contributed by atoms with Crippen molar-refractivity contribution in [1.29, 1.82) is 0 Å². The highest BCUT2D eigenvalue weighted by Crippen LogP contribution is 2.26. The number of ketones is 2. The molecule has 0 unspecified atom stereocenters. The van der Waals surface area contributed by atoms with E-state index >= 15 is 0 Å². The monoisotopic (exact) mass is 317 g/mol. The zero-order chi connectivity index (χ0) is 16.9. The minimum Gasteiger partial charge on any atom is -0.291 e. The van der Waals surface area contributed by atoms with Crippen molar-refractivity contribution in [2.45, 2.75) is 0 Å². The molecule has 4 heteroatoms. The van der Waals surface area contributed by atoms with E-state index in [1.165, 1.54) is 0 Å². The lowest BCUT2D eigenvalue weighted by Crippen LogP contribution is -2.20. The fraction of sp³-hybridized carbons (Fsp3) is 0. The molecule has 0 saturated heterocycles. The van der Waals surface area contributed by atoms with Gasteiger partial charge in [0.05, 0.1) is 5.69 Å². The number of fused-ring (bicyclic) bond motifs is 2. The van der Waals surface area contributed by atoms with Gasteiger partial charge in [-0.2, -0.15) is 0 Å². The van der Waals surface area contributed by atoms with Gasteiger partial charge >= 0.3 is 0 Å². The number of nitrogens with one attached hydrogen (secondary N) is 1. The van der Waals surface area contributed by atoms with Gasteiger partial charge in [-0.3, -0.25) is 20.3 Å². The van der Waals surface area contributed by atoms with E-state index in [9.17, 15) is 9.59 Å². The highest BCUT2D eigenvalue weighted by atomic mass is 16.5. The predicted molar refractivity (Wildman–Crippen MR) is 91.6 cm³/mol. The van der Waals surface area contributed by atoms with Gasteiger partial charge in [-0.05, 0) is 12.1 Å². The average molecular weight is 317 g/mol. The molecular weight excluding hydrogens is 302 g/mol. The van der Waals surface area contributed by atoms with Crippen molar-refractivity contribution in [2.75, 3.05) is 5.48 Å². The maximum atomic E-state index is 12.1. The summed E-state index contributed by atoms with van der Waals surface area (Å²) in [6.07, 6.45) is 0.